The Bertz CT molecular complexity index is 332. The molecule has 0 bridgehead atoms. The van der Waals surface area contributed by atoms with E-state index in [9.17, 15) is 4.79 Å². The van der Waals surface area contributed by atoms with Crippen molar-refractivity contribution in [3.63, 3.8) is 0 Å². The number of nitrogens with one attached hydrogen (secondary N) is 1. The van der Waals surface area contributed by atoms with Gasteiger partial charge in [-0.1, -0.05) is 0 Å². The number of nitrogens with zero attached hydrogens (tertiary/aromatic N) is 2. The van der Waals surface area contributed by atoms with Gasteiger partial charge in [0.05, 0.1) is 7.11 Å². The summed E-state index contributed by atoms with van der Waals surface area (Å²) in [6.07, 6.45) is 1.50. The van der Waals surface area contributed by atoms with Gasteiger partial charge in [0.1, 0.15) is 11.9 Å². The van der Waals surface area contributed by atoms with Crippen molar-refractivity contribution >= 4 is 23.4 Å². The lowest BCUT2D eigenvalue weighted by atomic mass is 10.3. The summed E-state index contributed by atoms with van der Waals surface area (Å²) in [5, 5.41) is 2.95. The zero-order valence-corrected chi connectivity index (χ0v) is 8.58. The molecule has 5 nitrogen and oxygen atoms in total. The molecule has 0 aliphatic heterocycles. The number of halogens is 1. The summed E-state index contributed by atoms with van der Waals surface area (Å²) in [6, 6.07) is 1.15. The van der Waals surface area contributed by atoms with Crippen molar-refractivity contribution in [3.8, 4) is 0 Å². The second-order valence-corrected chi connectivity index (χ2v) is 2.94. The third kappa shape index (κ3) is 2.85. The molecular weight excluding hydrogens is 206 g/mol. The highest BCUT2D eigenvalue weighted by Gasteiger charge is 2.12. The summed E-state index contributed by atoms with van der Waals surface area (Å²) in [5.74, 6) is 0.127. The van der Waals surface area contributed by atoms with Crippen LogP contribution in [0.5, 0.6) is 0 Å². The fourth-order valence-electron chi connectivity index (χ4n) is 0.873. The maximum atomic E-state index is 11.0. The Kier molecular flexibility index (Phi) is 3.64. The van der Waals surface area contributed by atoms with Gasteiger partial charge in [-0.25, -0.2) is 14.8 Å². The molecule has 1 rings (SSSR count). The maximum absolute atomic E-state index is 11.0. The lowest BCUT2D eigenvalue weighted by Gasteiger charge is -2.11. The van der Waals surface area contributed by atoms with E-state index in [-0.39, 0.29) is 11.3 Å². The Labute approximate surface area is 86.5 Å². The van der Waals surface area contributed by atoms with Crippen molar-refractivity contribution in [2.24, 2.45) is 0 Å². The van der Waals surface area contributed by atoms with Gasteiger partial charge in [-0.05, 0) is 24.6 Å². The largest absolute Gasteiger partial charge is 0.467 e. The quantitative estimate of drug-likeness (QED) is 0.604. The topological polar surface area (TPSA) is 64.1 Å². The average Bonchev–Trinajstić information content (AvgIpc) is 2.16. The van der Waals surface area contributed by atoms with Crippen LogP contribution < -0.4 is 5.32 Å². The van der Waals surface area contributed by atoms with E-state index in [4.69, 9.17) is 11.6 Å². The molecule has 0 fully saturated rings. The molecule has 0 spiro atoms. The van der Waals surface area contributed by atoms with Gasteiger partial charge in [0.2, 0.25) is 5.28 Å². The fourth-order valence-corrected chi connectivity index (χ4v) is 1.02. The molecule has 6 heteroatoms. The number of ether oxygens (including phenoxy) is 1. The van der Waals surface area contributed by atoms with Crippen LogP contribution in [0.3, 0.4) is 0 Å². The Hall–Kier alpha value is -1.36. The van der Waals surface area contributed by atoms with Crippen molar-refractivity contribution < 1.29 is 9.53 Å². The first-order chi connectivity index (χ1) is 6.63. The first-order valence-corrected chi connectivity index (χ1v) is 4.34. The van der Waals surface area contributed by atoms with Crippen molar-refractivity contribution in [2.45, 2.75) is 13.0 Å². The molecule has 1 aromatic heterocycles. The monoisotopic (exact) mass is 215 g/mol. The van der Waals surface area contributed by atoms with Crippen LogP contribution in [0, 0.1) is 0 Å². The summed E-state index contributed by atoms with van der Waals surface area (Å²) in [6.45, 7) is 1.67. The minimum absolute atomic E-state index is 0.132. The van der Waals surface area contributed by atoms with Crippen LogP contribution in [-0.2, 0) is 9.53 Å². The average molecular weight is 216 g/mol. The lowest BCUT2D eigenvalue weighted by Crippen LogP contribution is -2.27. The van der Waals surface area contributed by atoms with Gasteiger partial charge in [-0.15, -0.1) is 0 Å². The van der Waals surface area contributed by atoms with Gasteiger partial charge in [0.25, 0.3) is 0 Å². The van der Waals surface area contributed by atoms with E-state index in [1.54, 1.807) is 13.0 Å². The molecule has 1 aromatic rings. The summed E-state index contributed by atoms with van der Waals surface area (Å²) in [7, 11) is 1.33. The normalized spacial score (nSPS) is 11.9. The maximum Gasteiger partial charge on any atom is 0.328 e. The van der Waals surface area contributed by atoms with Gasteiger partial charge in [0, 0.05) is 6.20 Å². The number of carbonyl (C=O) groups is 1. The molecule has 0 saturated heterocycles. The number of hydrogen-bond acceptors (Lipinski definition) is 5. The number of rotatable bonds is 3. The van der Waals surface area contributed by atoms with Crippen LogP contribution in [0.1, 0.15) is 6.92 Å². The van der Waals surface area contributed by atoms with Gasteiger partial charge in [-0.2, -0.15) is 0 Å². The van der Waals surface area contributed by atoms with Gasteiger partial charge in [-0.3, -0.25) is 0 Å². The zero-order valence-electron chi connectivity index (χ0n) is 7.82. The zero-order chi connectivity index (χ0) is 10.6. The third-order valence-electron chi connectivity index (χ3n) is 1.55. The van der Waals surface area contributed by atoms with Gasteiger partial charge in [0.15, 0.2) is 0 Å². The van der Waals surface area contributed by atoms with Crippen LogP contribution in [0.25, 0.3) is 0 Å². The molecule has 14 heavy (non-hydrogen) atoms. The number of hydrogen-bond donors (Lipinski definition) is 1. The smallest absolute Gasteiger partial charge is 0.328 e. The van der Waals surface area contributed by atoms with E-state index in [0.29, 0.717) is 5.82 Å². The molecule has 1 unspecified atom stereocenters. The Morgan fingerprint density at radius 1 is 1.71 bits per heavy atom. The molecule has 0 radical (unpaired) electrons. The first-order valence-electron chi connectivity index (χ1n) is 3.96. The predicted molar refractivity (Wildman–Crippen MR) is 52.1 cm³/mol. The highest BCUT2D eigenvalue weighted by atomic mass is 35.5. The molecule has 1 atom stereocenters. The minimum Gasteiger partial charge on any atom is -0.467 e. The number of carbonyl (C=O) groups excluding carboxylic acids is 1. The Morgan fingerprint density at radius 3 is 3.00 bits per heavy atom. The van der Waals surface area contributed by atoms with Crippen molar-refractivity contribution in [3.05, 3.63) is 17.5 Å². The summed E-state index contributed by atoms with van der Waals surface area (Å²) >= 11 is 5.56. The van der Waals surface area contributed by atoms with E-state index in [1.807, 2.05) is 0 Å². The van der Waals surface area contributed by atoms with Gasteiger partial charge < -0.3 is 10.1 Å². The third-order valence-corrected chi connectivity index (χ3v) is 1.73. The van der Waals surface area contributed by atoms with E-state index < -0.39 is 6.04 Å². The summed E-state index contributed by atoms with van der Waals surface area (Å²) in [4.78, 5) is 18.6. The van der Waals surface area contributed by atoms with Crippen LogP contribution in [0.4, 0.5) is 5.82 Å². The molecule has 0 aliphatic carbocycles. The molecule has 0 amide bonds. The number of esters is 1. The van der Waals surface area contributed by atoms with E-state index in [2.05, 4.69) is 20.0 Å². The van der Waals surface area contributed by atoms with Crippen molar-refractivity contribution in [1.82, 2.24) is 9.97 Å². The second kappa shape index (κ2) is 4.76. The predicted octanol–water partition coefficient (Wildman–Crippen LogP) is 1.10. The molecule has 0 aliphatic rings. The van der Waals surface area contributed by atoms with Crippen LogP contribution in [0.2, 0.25) is 5.28 Å². The van der Waals surface area contributed by atoms with Crippen LogP contribution in [-0.4, -0.2) is 29.1 Å². The SMILES string of the molecule is COC(=O)C(C)Nc1ccnc(Cl)n1. The Morgan fingerprint density at radius 2 is 2.43 bits per heavy atom. The Balaban J connectivity index is 2.64. The van der Waals surface area contributed by atoms with E-state index in [1.165, 1.54) is 13.3 Å². The number of anilines is 1. The molecule has 1 heterocycles. The lowest BCUT2D eigenvalue weighted by molar-refractivity contribution is -0.141. The molecule has 76 valence electrons. The molecule has 0 saturated carbocycles. The van der Waals surface area contributed by atoms with Crippen molar-refractivity contribution in [1.29, 1.82) is 0 Å². The van der Waals surface area contributed by atoms with E-state index >= 15 is 0 Å². The molecular formula is C8H10ClN3O2. The summed E-state index contributed by atoms with van der Waals surface area (Å²) < 4.78 is 4.54. The fraction of sp³-hybridized carbons (Fsp3) is 0.375. The molecule has 0 aromatic carbocycles. The van der Waals surface area contributed by atoms with E-state index in [0.717, 1.165) is 0 Å². The number of methoxy groups -OCH3 is 1. The first kappa shape index (κ1) is 10.7. The molecule has 1 N–H and O–H groups in total. The highest BCUT2D eigenvalue weighted by Crippen LogP contribution is 2.07. The minimum atomic E-state index is -0.467. The standard InChI is InChI=1S/C8H10ClN3O2/c1-5(7(13)14-2)11-6-3-4-10-8(9)12-6/h3-5H,1-2H3,(H,10,11,12). The second-order valence-electron chi connectivity index (χ2n) is 2.60. The highest BCUT2D eigenvalue weighted by molar-refractivity contribution is 6.28. The van der Waals surface area contributed by atoms with Gasteiger partial charge >= 0.3 is 5.97 Å². The number of aromatic nitrogens is 2. The van der Waals surface area contributed by atoms with Crippen molar-refractivity contribution in [2.75, 3.05) is 12.4 Å². The van der Waals surface area contributed by atoms with Crippen LogP contribution in [0.15, 0.2) is 12.3 Å². The van der Waals surface area contributed by atoms with Crippen LogP contribution >= 0.6 is 11.6 Å². The summed E-state index contributed by atoms with van der Waals surface area (Å²) in [5.41, 5.74) is 0.